The predicted octanol–water partition coefficient (Wildman–Crippen LogP) is 5.93. The molecule has 6 atom stereocenters. The molecule has 4 rings (SSSR count). The van der Waals surface area contributed by atoms with Crippen LogP contribution in [0.5, 0.6) is 0 Å². The summed E-state index contributed by atoms with van der Waals surface area (Å²) in [5, 5.41) is 22.1. The molecule has 3 heterocycles. The highest BCUT2D eigenvalue weighted by atomic mass is 16.6. The van der Waals surface area contributed by atoms with Gasteiger partial charge in [0.15, 0.2) is 6.10 Å². The third kappa shape index (κ3) is 10.5. The average Bonchev–Trinajstić information content (AvgIpc) is 3.34. The van der Waals surface area contributed by atoms with Gasteiger partial charge in [0, 0.05) is 56.5 Å². The van der Waals surface area contributed by atoms with Gasteiger partial charge in [0.05, 0.1) is 12.5 Å². The molecule has 0 aromatic carbocycles. The zero-order valence-corrected chi connectivity index (χ0v) is 28.2. The fourth-order valence-electron chi connectivity index (χ4n) is 6.75. The van der Waals surface area contributed by atoms with Crippen molar-refractivity contribution in [2.75, 3.05) is 26.2 Å². The van der Waals surface area contributed by atoms with Gasteiger partial charge in [-0.25, -0.2) is 4.79 Å². The fraction of sp³-hybridized carbons (Fsp3) is 0.649. The van der Waals surface area contributed by atoms with E-state index in [4.69, 9.17) is 9.47 Å². The number of ether oxygens (including phenoxy) is 2. The lowest BCUT2D eigenvalue weighted by molar-refractivity contribution is -0.151. The Balaban J connectivity index is 1.45. The van der Waals surface area contributed by atoms with E-state index < -0.39 is 36.0 Å². The van der Waals surface area contributed by atoms with Crippen molar-refractivity contribution in [1.82, 2.24) is 14.8 Å². The van der Waals surface area contributed by atoms with Crippen LogP contribution in [-0.2, 0) is 14.3 Å². The lowest BCUT2D eigenvalue weighted by Crippen LogP contribution is -2.53. The van der Waals surface area contributed by atoms with Gasteiger partial charge in [-0.05, 0) is 62.8 Å². The second kappa shape index (κ2) is 17.2. The molecule has 0 unspecified atom stereocenters. The fourth-order valence-corrected chi connectivity index (χ4v) is 6.75. The molecule has 9 nitrogen and oxygen atoms in total. The molecule has 1 aliphatic carbocycles. The van der Waals surface area contributed by atoms with E-state index in [0.717, 1.165) is 24.2 Å². The average molecular weight is 638 g/mol. The molecule has 3 aliphatic rings. The summed E-state index contributed by atoms with van der Waals surface area (Å²) in [7, 11) is 0. The Hall–Kier alpha value is -3.01. The van der Waals surface area contributed by atoms with E-state index in [2.05, 4.69) is 22.9 Å². The minimum atomic E-state index is -1.44. The number of cyclic esters (lactones) is 1. The lowest BCUT2D eigenvalue weighted by Gasteiger charge is -2.40. The number of hydrogen-bond donors (Lipinski definition) is 2. The third-order valence-electron chi connectivity index (χ3n) is 9.88. The summed E-state index contributed by atoms with van der Waals surface area (Å²) in [5.74, 6) is -0.632. The second-order valence-corrected chi connectivity index (χ2v) is 13.8. The van der Waals surface area contributed by atoms with Crippen molar-refractivity contribution in [2.24, 2.45) is 5.92 Å². The van der Waals surface area contributed by atoms with E-state index >= 15 is 0 Å². The minimum absolute atomic E-state index is 0.149. The largest absolute Gasteiger partial charge is 0.457 e. The molecular formula is C37H55N3O6. The standard InChI is InChI=1S/C37H55N3O6/c1-27(30-13-10-20-38-26-30)11-9-12-28(2)35-29(3)16-17-33(37(4,44)19-18-32(41)25-34(42)46-35)45-36(43)40-23-21-39(22-24-40)31-14-7-5-6-8-15-31/h9-13,16-17,20,26-27,29,31-33,35,41,44H,5-8,14-15,18-19,21-25H2,1-4H3/b11-9+,17-16+,28-12+/t27-,29+,32-,33+,35-,37-/m1/s1. The summed E-state index contributed by atoms with van der Waals surface area (Å²) >= 11 is 0. The number of nitrogens with zero attached hydrogens (tertiary/aromatic N) is 3. The topological polar surface area (TPSA) is 112 Å². The maximum Gasteiger partial charge on any atom is 0.410 e. The Morgan fingerprint density at radius 1 is 1.13 bits per heavy atom. The van der Waals surface area contributed by atoms with Crippen molar-refractivity contribution in [3.8, 4) is 0 Å². The minimum Gasteiger partial charge on any atom is -0.457 e. The van der Waals surface area contributed by atoms with Crippen molar-refractivity contribution in [3.05, 3.63) is 66.0 Å². The summed E-state index contributed by atoms with van der Waals surface area (Å²) < 4.78 is 11.9. The van der Waals surface area contributed by atoms with E-state index in [0.29, 0.717) is 19.1 Å². The van der Waals surface area contributed by atoms with Crippen LogP contribution in [0, 0.1) is 5.92 Å². The zero-order chi connectivity index (χ0) is 33.1. The normalized spacial score (nSPS) is 31.3. The molecular weight excluding hydrogens is 582 g/mol. The SMILES string of the molecule is C/C(=C\C=C\[C@@H](C)c1cccnc1)[C@H]1OC(=O)C[C@H](O)CC[C@@](C)(O)[C@@H](OC(=O)N2CCN(C3CCCCCC3)CC2)/C=C/[C@@H]1C. The monoisotopic (exact) mass is 637 g/mol. The van der Waals surface area contributed by atoms with Gasteiger partial charge in [-0.2, -0.15) is 0 Å². The van der Waals surface area contributed by atoms with E-state index in [9.17, 15) is 19.8 Å². The molecule has 1 aromatic heterocycles. The van der Waals surface area contributed by atoms with Crippen LogP contribution < -0.4 is 0 Å². The molecule has 1 saturated carbocycles. The summed E-state index contributed by atoms with van der Waals surface area (Å²) in [6.07, 6.45) is 17.9. The van der Waals surface area contributed by atoms with E-state index in [-0.39, 0.29) is 31.1 Å². The second-order valence-electron chi connectivity index (χ2n) is 13.8. The first-order valence-electron chi connectivity index (χ1n) is 17.3. The van der Waals surface area contributed by atoms with Crippen LogP contribution in [-0.4, -0.2) is 93.2 Å². The van der Waals surface area contributed by atoms with Gasteiger partial charge >= 0.3 is 12.1 Å². The Morgan fingerprint density at radius 2 is 1.85 bits per heavy atom. The van der Waals surface area contributed by atoms with Crippen molar-refractivity contribution >= 4 is 12.1 Å². The molecule has 2 aliphatic heterocycles. The number of aliphatic hydroxyl groups excluding tert-OH is 1. The summed E-state index contributed by atoms with van der Waals surface area (Å²) in [6.45, 7) is 10.4. The molecule has 254 valence electrons. The summed E-state index contributed by atoms with van der Waals surface area (Å²) in [4.78, 5) is 34.7. The Morgan fingerprint density at radius 3 is 2.52 bits per heavy atom. The number of esters is 1. The maximum atomic E-state index is 13.4. The van der Waals surface area contributed by atoms with Crippen LogP contribution >= 0.6 is 0 Å². The molecule has 46 heavy (non-hydrogen) atoms. The summed E-state index contributed by atoms with van der Waals surface area (Å²) in [6, 6.07) is 4.54. The van der Waals surface area contributed by atoms with Crippen LogP contribution in [0.25, 0.3) is 0 Å². The highest BCUT2D eigenvalue weighted by Gasteiger charge is 2.37. The molecule has 0 radical (unpaired) electrons. The zero-order valence-electron chi connectivity index (χ0n) is 28.2. The number of carbonyl (C=O) groups excluding carboxylic acids is 2. The van der Waals surface area contributed by atoms with Crippen LogP contribution in [0.2, 0.25) is 0 Å². The van der Waals surface area contributed by atoms with Crippen molar-refractivity contribution in [2.45, 2.75) is 121 Å². The van der Waals surface area contributed by atoms with Crippen molar-refractivity contribution in [3.63, 3.8) is 0 Å². The van der Waals surface area contributed by atoms with Crippen molar-refractivity contribution in [1.29, 1.82) is 0 Å². The van der Waals surface area contributed by atoms with Gasteiger partial charge in [-0.3, -0.25) is 14.7 Å². The molecule has 1 amide bonds. The number of aromatic nitrogens is 1. The highest BCUT2D eigenvalue weighted by molar-refractivity contribution is 5.70. The highest BCUT2D eigenvalue weighted by Crippen LogP contribution is 2.28. The van der Waals surface area contributed by atoms with Gasteiger partial charge in [0.2, 0.25) is 0 Å². The summed E-state index contributed by atoms with van der Waals surface area (Å²) in [5.41, 5.74) is 0.490. The lowest BCUT2D eigenvalue weighted by atomic mass is 9.88. The number of aliphatic hydroxyl groups is 2. The molecule has 0 bridgehead atoms. The Labute approximate surface area is 275 Å². The van der Waals surface area contributed by atoms with E-state index in [1.807, 2.05) is 50.4 Å². The smallest absolute Gasteiger partial charge is 0.410 e. The maximum absolute atomic E-state index is 13.4. The number of rotatable bonds is 6. The number of piperazine rings is 1. The van der Waals surface area contributed by atoms with E-state index in [1.54, 1.807) is 24.1 Å². The van der Waals surface area contributed by atoms with Gasteiger partial charge in [0.25, 0.3) is 0 Å². The first-order valence-corrected chi connectivity index (χ1v) is 17.3. The molecule has 1 saturated heterocycles. The molecule has 0 spiro atoms. The van der Waals surface area contributed by atoms with Gasteiger partial charge in [-0.15, -0.1) is 0 Å². The first kappa shape index (κ1) is 35.8. The molecule has 1 aromatic rings. The number of hydrogen-bond acceptors (Lipinski definition) is 8. The van der Waals surface area contributed by atoms with Crippen LogP contribution in [0.1, 0.15) is 97.0 Å². The quantitative estimate of drug-likeness (QED) is 0.171. The van der Waals surface area contributed by atoms with Crippen LogP contribution in [0.4, 0.5) is 4.79 Å². The third-order valence-corrected chi connectivity index (χ3v) is 9.88. The molecule has 9 heteroatoms. The Kier molecular flexibility index (Phi) is 13.4. The van der Waals surface area contributed by atoms with Gasteiger partial charge in [-0.1, -0.05) is 69.9 Å². The van der Waals surface area contributed by atoms with Crippen molar-refractivity contribution < 1.29 is 29.3 Å². The number of pyridine rings is 1. The number of carbonyl (C=O) groups is 2. The number of amides is 1. The van der Waals surface area contributed by atoms with Crippen LogP contribution in [0.15, 0.2) is 60.5 Å². The van der Waals surface area contributed by atoms with Gasteiger partial charge in [0.1, 0.15) is 11.7 Å². The predicted molar refractivity (Wildman–Crippen MR) is 179 cm³/mol. The Bertz CT molecular complexity index is 1200. The molecule has 2 fully saturated rings. The first-order chi connectivity index (χ1) is 22.0. The number of allylic oxidation sites excluding steroid dienone is 3. The van der Waals surface area contributed by atoms with E-state index in [1.165, 1.54) is 38.5 Å². The van der Waals surface area contributed by atoms with Gasteiger partial charge < -0.3 is 24.6 Å². The van der Waals surface area contributed by atoms with Crippen LogP contribution in [0.3, 0.4) is 0 Å². The molecule has 2 N–H and O–H groups in total.